The van der Waals surface area contributed by atoms with Gasteiger partial charge in [-0.25, -0.2) is 4.39 Å². The number of halogens is 3. The van der Waals surface area contributed by atoms with Gasteiger partial charge in [0.2, 0.25) is 0 Å². The van der Waals surface area contributed by atoms with Crippen molar-refractivity contribution >= 4 is 23.2 Å². The van der Waals surface area contributed by atoms with Gasteiger partial charge in [0.1, 0.15) is 5.82 Å². The normalized spacial score (nSPS) is 10.7. The summed E-state index contributed by atoms with van der Waals surface area (Å²) < 4.78 is 13.0. The molecule has 100 valence electrons. The topological polar surface area (TPSA) is 12.0 Å². The van der Waals surface area contributed by atoms with Crippen LogP contribution in [0.4, 0.5) is 4.39 Å². The molecule has 0 heterocycles. The van der Waals surface area contributed by atoms with Crippen molar-refractivity contribution in [3.05, 3.63) is 69.5 Å². The van der Waals surface area contributed by atoms with Crippen LogP contribution in [0.3, 0.4) is 0 Å². The van der Waals surface area contributed by atoms with E-state index in [1.54, 1.807) is 12.1 Å². The highest BCUT2D eigenvalue weighted by Crippen LogP contribution is 2.15. The Morgan fingerprint density at radius 2 is 1.63 bits per heavy atom. The third-order valence-corrected chi connectivity index (χ3v) is 3.36. The Morgan fingerprint density at radius 3 is 2.32 bits per heavy atom. The van der Waals surface area contributed by atoms with E-state index in [0.717, 1.165) is 23.6 Å². The highest BCUT2D eigenvalue weighted by atomic mass is 35.5. The smallest absolute Gasteiger partial charge is 0.141 e. The van der Waals surface area contributed by atoms with Gasteiger partial charge in [-0.05, 0) is 48.4 Å². The zero-order chi connectivity index (χ0) is 13.7. The summed E-state index contributed by atoms with van der Waals surface area (Å²) in [6.07, 6.45) is 0.923. The molecule has 0 aliphatic carbocycles. The van der Waals surface area contributed by atoms with Crippen LogP contribution >= 0.6 is 23.2 Å². The average molecular weight is 298 g/mol. The molecule has 1 nitrogen and oxygen atoms in total. The summed E-state index contributed by atoms with van der Waals surface area (Å²) in [6, 6.07) is 12.6. The maximum atomic E-state index is 13.0. The number of benzene rings is 2. The third-order valence-electron chi connectivity index (χ3n) is 2.82. The second-order valence-electron chi connectivity index (χ2n) is 4.30. The molecule has 2 aromatic rings. The predicted molar refractivity (Wildman–Crippen MR) is 78.3 cm³/mol. The van der Waals surface area contributed by atoms with Gasteiger partial charge >= 0.3 is 0 Å². The Hall–Kier alpha value is -1.09. The molecule has 0 bridgehead atoms. The van der Waals surface area contributed by atoms with Crippen molar-refractivity contribution in [3.8, 4) is 0 Å². The van der Waals surface area contributed by atoms with E-state index in [4.69, 9.17) is 23.2 Å². The molecule has 2 aromatic carbocycles. The van der Waals surface area contributed by atoms with Gasteiger partial charge in [0.25, 0.3) is 0 Å². The molecule has 0 fully saturated rings. The highest BCUT2D eigenvalue weighted by Gasteiger charge is 2.00. The van der Waals surface area contributed by atoms with Crippen molar-refractivity contribution in [1.82, 2.24) is 5.32 Å². The summed E-state index contributed by atoms with van der Waals surface area (Å²) in [6.45, 7) is 1.52. The van der Waals surface area contributed by atoms with Crippen LogP contribution < -0.4 is 5.32 Å². The Bertz CT molecular complexity index is 540. The lowest BCUT2D eigenvalue weighted by atomic mass is 10.1. The van der Waals surface area contributed by atoms with E-state index in [0.29, 0.717) is 6.54 Å². The van der Waals surface area contributed by atoms with E-state index < -0.39 is 0 Å². The van der Waals surface area contributed by atoms with Crippen LogP contribution in [0.1, 0.15) is 11.1 Å². The van der Waals surface area contributed by atoms with Crippen molar-refractivity contribution < 1.29 is 4.39 Å². The molecular formula is C15H14Cl2FN. The molecule has 0 aliphatic rings. The predicted octanol–water partition coefficient (Wildman–Crippen LogP) is 4.46. The first-order valence-electron chi connectivity index (χ1n) is 6.04. The van der Waals surface area contributed by atoms with Crippen LogP contribution in [0, 0.1) is 5.82 Å². The molecule has 0 atom stereocenters. The van der Waals surface area contributed by atoms with Gasteiger partial charge < -0.3 is 5.32 Å². The monoisotopic (exact) mass is 297 g/mol. The maximum Gasteiger partial charge on any atom is 0.141 e. The van der Waals surface area contributed by atoms with Gasteiger partial charge in [0.05, 0.1) is 5.02 Å². The summed E-state index contributed by atoms with van der Waals surface area (Å²) in [7, 11) is 0. The molecular weight excluding hydrogens is 284 g/mol. The minimum Gasteiger partial charge on any atom is -0.312 e. The first-order valence-corrected chi connectivity index (χ1v) is 6.80. The van der Waals surface area contributed by atoms with Gasteiger partial charge in [0.15, 0.2) is 0 Å². The maximum absolute atomic E-state index is 13.0. The fraction of sp³-hybridized carbons (Fsp3) is 0.200. The lowest BCUT2D eigenvalue weighted by Crippen LogP contribution is -2.16. The largest absolute Gasteiger partial charge is 0.312 e. The van der Waals surface area contributed by atoms with Gasteiger partial charge in [-0.2, -0.15) is 0 Å². The Kier molecular flexibility index (Phi) is 5.20. The number of hydrogen-bond donors (Lipinski definition) is 1. The Balaban J connectivity index is 1.77. The van der Waals surface area contributed by atoms with Gasteiger partial charge in [-0.3, -0.25) is 0 Å². The molecule has 2 rings (SSSR count). The van der Waals surface area contributed by atoms with E-state index in [-0.39, 0.29) is 10.8 Å². The Labute approximate surface area is 122 Å². The second kappa shape index (κ2) is 6.90. The quantitative estimate of drug-likeness (QED) is 0.803. The lowest BCUT2D eigenvalue weighted by molar-refractivity contribution is 0.625. The van der Waals surface area contributed by atoms with Crippen molar-refractivity contribution in [2.75, 3.05) is 6.54 Å². The molecule has 0 saturated heterocycles. The summed E-state index contributed by atoms with van der Waals surface area (Å²) >= 11 is 11.5. The number of nitrogens with one attached hydrogen (secondary N) is 1. The first-order chi connectivity index (χ1) is 9.15. The molecule has 0 aliphatic heterocycles. The zero-order valence-electron chi connectivity index (χ0n) is 10.3. The summed E-state index contributed by atoms with van der Waals surface area (Å²) in [5, 5.41) is 4.21. The molecule has 0 unspecified atom stereocenters. The second-order valence-corrected chi connectivity index (χ2v) is 5.15. The van der Waals surface area contributed by atoms with Gasteiger partial charge in [-0.1, -0.05) is 41.4 Å². The van der Waals surface area contributed by atoms with E-state index in [2.05, 4.69) is 5.32 Å². The minimum atomic E-state index is -0.383. The fourth-order valence-electron chi connectivity index (χ4n) is 1.77. The average Bonchev–Trinajstić information content (AvgIpc) is 2.41. The van der Waals surface area contributed by atoms with E-state index in [1.807, 2.05) is 24.3 Å². The Morgan fingerprint density at radius 1 is 0.947 bits per heavy atom. The van der Waals surface area contributed by atoms with Crippen LogP contribution in [0.25, 0.3) is 0 Å². The molecule has 19 heavy (non-hydrogen) atoms. The SMILES string of the molecule is Fc1ccc(CNCCc2ccc(Cl)cc2)cc1Cl. The van der Waals surface area contributed by atoms with E-state index >= 15 is 0 Å². The number of hydrogen-bond acceptors (Lipinski definition) is 1. The molecule has 0 amide bonds. The van der Waals surface area contributed by atoms with Gasteiger partial charge in [0, 0.05) is 11.6 Å². The van der Waals surface area contributed by atoms with E-state index in [1.165, 1.54) is 11.6 Å². The fourth-order valence-corrected chi connectivity index (χ4v) is 2.10. The minimum absolute atomic E-state index is 0.164. The van der Waals surface area contributed by atoms with E-state index in [9.17, 15) is 4.39 Å². The van der Waals surface area contributed by atoms with Crippen LogP contribution in [0.2, 0.25) is 10.0 Å². The first kappa shape index (κ1) is 14.3. The van der Waals surface area contributed by atoms with Gasteiger partial charge in [-0.15, -0.1) is 0 Å². The standard InChI is InChI=1S/C15H14Cl2FN/c16-13-4-1-11(2-5-13)7-8-19-10-12-3-6-15(18)14(17)9-12/h1-6,9,19H,7-8,10H2. The third kappa shape index (κ3) is 4.50. The van der Waals surface area contributed by atoms with Crippen LogP contribution in [-0.2, 0) is 13.0 Å². The number of rotatable bonds is 5. The molecule has 0 aromatic heterocycles. The molecule has 1 N–H and O–H groups in total. The van der Waals surface area contributed by atoms with Crippen molar-refractivity contribution in [1.29, 1.82) is 0 Å². The summed E-state index contributed by atoms with van der Waals surface area (Å²) in [5.41, 5.74) is 2.21. The summed E-state index contributed by atoms with van der Waals surface area (Å²) in [5.74, 6) is -0.383. The molecule has 0 radical (unpaired) electrons. The van der Waals surface area contributed by atoms with Crippen molar-refractivity contribution in [2.45, 2.75) is 13.0 Å². The van der Waals surface area contributed by atoms with Crippen LogP contribution in [0.5, 0.6) is 0 Å². The highest BCUT2D eigenvalue weighted by molar-refractivity contribution is 6.31. The van der Waals surface area contributed by atoms with Crippen LogP contribution in [0.15, 0.2) is 42.5 Å². The zero-order valence-corrected chi connectivity index (χ0v) is 11.8. The lowest BCUT2D eigenvalue weighted by Gasteiger charge is -2.06. The molecule has 0 saturated carbocycles. The summed E-state index contributed by atoms with van der Waals surface area (Å²) in [4.78, 5) is 0. The van der Waals surface area contributed by atoms with Crippen LogP contribution in [-0.4, -0.2) is 6.54 Å². The van der Waals surface area contributed by atoms with Crippen molar-refractivity contribution in [3.63, 3.8) is 0 Å². The molecule has 4 heteroatoms. The molecule has 0 spiro atoms. The van der Waals surface area contributed by atoms with Crippen molar-refractivity contribution in [2.24, 2.45) is 0 Å².